The number of benzene rings is 1. The van der Waals surface area contributed by atoms with E-state index in [2.05, 4.69) is 20.8 Å². The number of rotatable bonds is 1. The number of piperidine rings is 2. The number of halogens is 2. The molecule has 2 nitrogen and oxygen atoms in total. The molecule has 2 N–H and O–H groups in total. The van der Waals surface area contributed by atoms with Crippen molar-refractivity contribution in [3.63, 3.8) is 0 Å². The van der Waals surface area contributed by atoms with Gasteiger partial charge in [0.2, 0.25) is 0 Å². The predicted molar refractivity (Wildman–Crippen MR) is 75.2 cm³/mol. The Hall–Kier alpha value is -0.610. The van der Waals surface area contributed by atoms with Crippen LogP contribution in [0.15, 0.2) is 22.7 Å². The number of nitrogens with zero attached hydrogens (tertiary/aromatic N) is 1. The van der Waals surface area contributed by atoms with Crippen molar-refractivity contribution < 1.29 is 4.39 Å². The van der Waals surface area contributed by atoms with Crippen LogP contribution in [0.25, 0.3) is 0 Å². The van der Waals surface area contributed by atoms with Gasteiger partial charge >= 0.3 is 0 Å². The van der Waals surface area contributed by atoms with Crippen LogP contribution in [0.3, 0.4) is 0 Å². The van der Waals surface area contributed by atoms with E-state index in [9.17, 15) is 4.39 Å². The van der Waals surface area contributed by atoms with E-state index in [0.29, 0.717) is 22.6 Å². The van der Waals surface area contributed by atoms with Crippen LogP contribution in [0.5, 0.6) is 0 Å². The summed E-state index contributed by atoms with van der Waals surface area (Å²) in [7, 11) is 0. The van der Waals surface area contributed by atoms with Gasteiger partial charge in [0.15, 0.2) is 0 Å². The first-order chi connectivity index (χ1) is 8.65. The Morgan fingerprint density at radius 1 is 1.22 bits per heavy atom. The van der Waals surface area contributed by atoms with Crippen molar-refractivity contribution in [1.29, 1.82) is 0 Å². The first-order valence-electron chi connectivity index (χ1n) is 6.64. The third-order valence-electron chi connectivity index (χ3n) is 4.21. The SMILES string of the molecule is NC1CC2CCCC(C1)N2c1ccc(F)c(Br)c1. The summed E-state index contributed by atoms with van der Waals surface area (Å²) in [5.41, 5.74) is 7.25. The zero-order chi connectivity index (χ0) is 12.7. The Morgan fingerprint density at radius 2 is 1.89 bits per heavy atom. The minimum atomic E-state index is -0.197. The lowest BCUT2D eigenvalue weighted by molar-refractivity contribution is 0.271. The largest absolute Gasteiger partial charge is 0.365 e. The van der Waals surface area contributed by atoms with Gasteiger partial charge in [0.05, 0.1) is 4.47 Å². The second kappa shape index (κ2) is 4.82. The minimum absolute atomic E-state index is 0.197. The first kappa shape index (κ1) is 12.4. The van der Waals surface area contributed by atoms with E-state index in [-0.39, 0.29) is 5.82 Å². The van der Waals surface area contributed by atoms with Gasteiger partial charge in [-0.2, -0.15) is 0 Å². The average molecular weight is 313 g/mol. The molecule has 18 heavy (non-hydrogen) atoms. The summed E-state index contributed by atoms with van der Waals surface area (Å²) in [6, 6.07) is 6.74. The molecule has 3 rings (SSSR count). The van der Waals surface area contributed by atoms with Gasteiger partial charge in [-0.05, 0) is 66.2 Å². The normalized spacial score (nSPS) is 31.5. The first-order valence-corrected chi connectivity index (χ1v) is 7.43. The Morgan fingerprint density at radius 3 is 2.50 bits per heavy atom. The van der Waals surface area contributed by atoms with E-state index < -0.39 is 0 Å². The van der Waals surface area contributed by atoms with Crippen LogP contribution in [0.2, 0.25) is 0 Å². The summed E-state index contributed by atoms with van der Waals surface area (Å²) in [6.45, 7) is 0. The Bertz CT molecular complexity index is 437. The molecule has 0 saturated carbocycles. The molecule has 0 radical (unpaired) electrons. The zero-order valence-corrected chi connectivity index (χ0v) is 11.9. The lowest BCUT2D eigenvalue weighted by atomic mass is 9.81. The van der Waals surface area contributed by atoms with Gasteiger partial charge in [-0.25, -0.2) is 4.39 Å². The number of fused-ring (bicyclic) bond motifs is 2. The molecule has 2 bridgehead atoms. The molecule has 2 fully saturated rings. The average Bonchev–Trinajstić information content (AvgIpc) is 2.32. The van der Waals surface area contributed by atoms with Crippen molar-refractivity contribution in [3.8, 4) is 0 Å². The fourth-order valence-electron chi connectivity index (χ4n) is 3.49. The van der Waals surface area contributed by atoms with E-state index in [1.54, 1.807) is 6.07 Å². The molecule has 2 unspecified atom stereocenters. The molecule has 0 aliphatic carbocycles. The summed E-state index contributed by atoms with van der Waals surface area (Å²) >= 11 is 3.28. The van der Waals surface area contributed by atoms with Crippen molar-refractivity contribution in [2.24, 2.45) is 5.73 Å². The van der Waals surface area contributed by atoms with Crippen molar-refractivity contribution in [1.82, 2.24) is 0 Å². The highest BCUT2D eigenvalue weighted by Crippen LogP contribution is 2.38. The minimum Gasteiger partial charge on any atom is -0.365 e. The number of anilines is 1. The van der Waals surface area contributed by atoms with Crippen LogP contribution in [0.4, 0.5) is 10.1 Å². The van der Waals surface area contributed by atoms with E-state index >= 15 is 0 Å². The summed E-state index contributed by atoms with van der Waals surface area (Å²) in [5, 5.41) is 0. The lowest BCUT2D eigenvalue weighted by Gasteiger charge is -2.49. The number of hydrogen-bond acceptors (Lipinski definition) is 2. The van der Waals surface area contributed by atoms with E-state index in [1.165, 1.54) is 19.3 Å². The van der Waals surface area contributed by atoms with E-state index in [0.717, 1.165) is 18.5 Å². The Kier molecular flexibility index (Phi) is 3.32. The highest BCUT2D eigenvalue weighted by molar-refractivity contribution is 9.10. The molecular formula is C14H18BrFN2. The van der Waals surface area contributed by atoms with Crippen molar-refractivity contribution >= 4 is 21.6 Å². The van der Waals surface area contributed by atoms with Crippen LogP contribution in [0.1, 0.15) is 32.1 Å². The quantitative estimate of drug-likeness (QED) is 0.860. The van der Waals surface area contributed by atoms with Gasteiger partial charge in [0.1, 0.15) is 5.82 Å². The molecular weight excluding hydrogens is 295 g/mol. The summed E-state index contributed by atoms with van der Waals surface area (Å²) in [5.74, 6) is -0.197. The maximum atomic E-state index is 13.3. The third kappa shape index (κ3) is 2.16. The lowest BCUT2D eigenvalue weighted by Crippen LogP contribution is -2.55. The van der Waals surface area contributed by atoms with Crippen LogP contribution in [-0.2, 0) is 0 Å². The predicted octanol–water partition coefficient (Wildman–Crippen LogP) is 3.44. The second-order valence-corrected chi connectivity index (χ2v) is 6.33. The summed E-state index contributed by atoms with van der Waals surface area (Å²) in [6.07, 6.45) is 5.83. The summed E-state index contributed by atoms with van der Waals surface area (Å²) in [4.78, 5) is 2.47. The van der Waals surface area contributed by atoms with E-state index in [1.807, 2.05) is 12.1 Å². The Labute approximate surface area is 115 Å². The third-order valence-corrected chi connectivity index (χ3v) is 4.82. The van der Waals surface area contributed by atoms with Gasteiger partial charge in [-0.15, -0.1) is 0 Å². The van der Waals surface area contributed by atoms with Gasteiger partial charge in [0, 0.05) is 23.8 Å². The molecule has 0 aromatic heterocycles. The van der Waals surface area contributed by atoms with Gasteiger partial charge in [-0.1, -0.05) is 0 Å². The second-order valence-electron chi connectivity index (χ2n) is 5.48. The van der Waals surface area contributed by atoms with Gasteiger partial charge in [0.25, 0.3) is 0 Å². The van der Waals surface area contributed by atoms with Gasteiger partial charge < -0.3 is 10.6 Å². The molecule has 2 heterocycles. The van der Waals surface area contributed by atoms with E-state index in [4.69, 9.17) is 5.73 Å². The molecule has 1 aromatic carbocycles. The fourth-order valence-corrected chi connectivity index (χ4v) is 3.86. The van der Waals surface area contributed by atoms with Crippen LogP contribution < -0.4 is 10.6 Å². The van der Waals surface area contributed by atoms with Gasteiger partial charge in [-0.3, -0.25) is 0 Å². The molecule has 2 aliphatic heterocycles. The summed E-state index contributed by atoms with van der Waals surface area (Å²) < 4.78 is 13.9. The van der Waals surface area contributed by atoms with Crippen LogP contribution in [-0.4, -0.2) is 18.1 Å². The molecule has 2 aliphatic rings. The molecule has 98 valence electrons. The molecule has 2 saturated heterocycles. The molecule has 2 atom stereocenters. The van der Waals surface area contributed by atoms with Crippen LogP contribution in [0, 0.1) is 5.82 Å². The zero-order valence-electron chi connectivity index (χ0n) is 10.3. The fraction of sp³-hybridized carbons (Fsp3) is 0.571. The maximum absolute atomic E-state index is 13.3. The topological polar surface area (TPSA) is 29.3 Å². The molecule has 1 aromatic rings. The molecule has 0 amide bonds. The highest BCUT2D eigenvalue weighted by Gasteiger charge is 2.37. The van der Waals surface area contributed by atoms with Crippen molar-refractivity contribution in [3.05, 3.63) is 28.5 Å². The molecule has 0 spiro atoms. The van der Waals surface area contributed by atoms with Crippen molar-refractivity contribution in [2.45, 2.75) is 50.2 Å². The molecule has 4 heteroatoms. The Balaban J connectivity index is 1.92. The van der Waals surface area contributed by atoms with Crippen molar-refractivity contribution in [2.75, 3.05) is 4.90 Å². The standard InChI is InChI=1S/C14H18BrFN2/c15-13-8-12(4-5-14(13)16)18-10-2-1-3-11(18)7-9(17)6-10/h4-5,8-11H,1-3,6-7,17H2. The monoisotopic (exact) mass is 312 g/mol. The highest BCUT2D eigenvalue weighted by atomic mass is 79.9. The smallest absolute Gasteiger partial charge is 0.137 e. The maximum Gasteiger partial charge on any atom is 0.137 e. The van der Waals surface area contributed by atoms with Crippen LogP contribution >= 0.6 is 15.9 Å². The number of nitrogens with two attached hydrogens (primary N) is 1. The number of hydrogen-bond donors (Lipinski definition) is 1.